The van der Waals surface area contributed by atoms with E-state index in [2.05, 4.69) is 21.3 Å². The summed E-state index contributed by atoms with van der Waals surface area (Å²) in [6, 6.07) is -13.8. The van der Waals surface area contributed by atoms with E-state index >= 15 is 4.79 Å². The molecular weight excluding hydrogens is 1090 g/mol. The van der Waals surface area contributed by atoms with Crippen LogP contribution >= 0.6 is 0 Å². The highest BCUT2D eigenvalue weighted by molar-refractivity contribution is 5.99. The third-order valence-corrected chi connectivity index (χ3v) is 15.6. The molecule has 25 heteroatoms. The summed E-state index contributed by atoms with van der Waals surface area (Å²) >= 11 is 0. The van der Waals surface area contributed by atoms with Gasteiger partial charge < -0.3 is 70.9 Å². The molecule has 11 amide bonds. The van der Waals surface area contributed by atoms with E-state index < -0.39 is 174 Å². The van der Waals surface area contributed by atoms with Gasteiger partial charge in [0, 0.05) is 55.8 Å². The highest BCUT2D eigenvalue weighted by atomic mass is 16.3. The largest absolute Gasteiger partial charge is 0.394 e. The third kappa shape index (κ3) is 20.8. The second-order valence-corrected chi connectivity index (χ2v) is 25.0. The van der Waals surface area contributed by atoms with Gasteiger partial charge in [0.05, 0.1) is 24.9 Å². The molecule has 0 aliphatic carbocycles. The molecule has 1 aliphatic heterocycles. The number of carbonyl (C=O) groups is 11. The van der Waals surface area contributed by atoms with Crippen molar-refractivity contribution in [3.8, 4) is 0 Å². The number of likely N-dealkylation sites (N-methyl/N-ethyl adjacent to an activating group) is 7. The number of hydrogen-bond donors (Lipinski definition) is 7. The maximum Gasteiger partial charge on any atom is 0.248 e. The van der Waals surface area contributed by atoms with Gasteiger partial charge in [-0.2, -0.15) is 0 Å². The lowest BCUT2D eigenvalue weighted by atomic mass is 9.91. The van der Waals surface area contributed by atoms with Crippen molar-refractivity contribution in [2.45, 2.75) is 208 Å². The fourth-order valence-electron chi connectivity index (χ4n) is 10.2. The summed E-state index contributed by atoms with van der Waals surface area (Å²) in [5, 5.41) is 44.6. The van der Waals surface area contributed by atoms with Gasteiger partial charge in [-0.05, 0) is 89.9 Å². The van der Waals surface area contributed by atoms with Gasteiger partial charge in [0.25, 0.3) is 0 Å². The minimum absolute atomic E-state index is 0.0144. The van der Waals surface area contributed by atoms with Crippen LogP contribution in [0.2, 0.25) is 0 Å². The lowest BCUT2D eigenvalue weighted by molar-refractivity contribution is -0.158. The van der Waals surface area contributed by atoms with E-state index in [4.69, 9.17) is 0 Å². The van der Waals surface area contributed by atoms with Crippen molar-refractivity contribution in [2.24, 2.45) is 29.6 Å². The number of carbonyl (C=O) groups excluding carboxylic acids is 11. The van der Waals surface area contributed by atoms with Gasteiger partial charge >= 0.3 is 0 Å². The molecule has 12 atom stereocenters. The molecule has 0 aromatic carbocycles. The molecule has 1 rings (SSSR count). The van der Waals surface area contributed by atoms with Crippen LogP contribution in [0.1, 0.15) is 136 Å². The third-order valence-electron chi connectivity index (χ3n) is 15.6. The maximum absolute atomic E-state index is 15.0. The van der Waals surface area contributed by atoms with Crippen molar-refractivity contribution in [1.82, 2.24) is 55.6 Å². The molecule has 0 radical (unpaired) electrons. The van der Waals surface area contributed by atoms with Gasteiger partial charge in [-0.15, -0.1) is 0 Å². The number of nitrogens with one attached hydrogen (secondary N) is 4. The van der Waals surface area contributed by atoms with Gasteiger partial charge in [0.15, 0.2) is 0 Å². The van der Waals surface area contributed by atoms with Crippen LogP contribution in [0, 0.1) is 29.6 Å². The van der Waals surface area contributed by atoms with Crippen molar-refractivity contribution in [3.05, 3.63) is 12.2 Å². The summed E-state index contributed by atoms with van der Waals surface area (Å²) in [5.74, 6) is -10.9. The molecule has 0 aromatic rings. The summed E-state index contributed by atoms with van der Waals surface area (Å²) in [6.45, 7) is 23.0. The zero-order valence-electron chi connectivity index (χ0n) is 54.3. The van der Waals surface area contributed by atoms with Gasteiger partial charge in [-0.25, -0.2) is 0 Å². The van der Waals surface area contributed by atoms with E-state index in [9.17, 15) is 63.3 Å². The lowest BCUT2D eigenvalue weighted by Crippen LogP contribution is -2.64. The number of nitrogens with zero attached hydrogens (tertiary/aromatic N) is 7. The molecule has 25 nitrogen and oxygen atoms in total. The molecule has 480 valence electrons. The van der Waals surface area contributed by atoms with Crippen molar-refractivity contribution >= 4 is 65.0 Å². The SMILES string of the molecule is C/C=C/C[C@@H](C)[C@@H](O)[C@H]1C(=O)N[C@@H](CC)C(=O)N(C)CC(=O)N(C)[C@@H](CC(C)C)C(=O)N[C@@H](C(C)C)C(=O)N(C)[C@@H](CC(C)C)C(=O)N[C@@H](C)C(=O)N[C@H](C)C(=O)N(C)[C@H](CO)C(=O)N(C)[C@@H](CC(C)(C)O)C(=O)N(C)[C@@H](C(C)C)C(=O)N1C. The van der Waals surface area contributed by atoms with Crippen LogP contribution in [0.4, 0.5) is 0 Å². The Morgan fingerprint density at radius 3 is 1.48 bits per heavy atom. The Kier molecular flexibility index (Phi) is 30.2. The molecule has 0 bridgehead atoms. The molecule has 1 fully saturated rings. The highest BCUT2D eigenvalue weighted by Crippen LogP contribution is 2.25. The van der Waals surface area contributed by atoms with E-state index in [1.54, 1.807) is 60.6 Å². The Morgan fingerprint density at radius 1 is 0.548 bits per heavy atom. The van der Waals surface area contributed by atoms with E-state index in [1.165, 1.54) is 86.8 Å². The summed E-state index contributed by atoms with van der Waals surface area (Å²) in [6.07, 6.45) is 2.06. The Bertz CT molecular complexity index is 2320. The average molecular weight is 1190 g/mol. The summed E-state index contributed by atoms with van der Waals surface area (Å²) < 4.78 is 0. The second-order valence-electron chi connectivity index (χ2n) is 25.0. The number of rotatable bonds is 14. The zero-order valence-corrected chi connectivity index (χ0v) is 54.3. The van der Waals surface area contributed by atoms with Gasteiger partial charge in [-0.1, -0.05) is 81.4 Å². The monoisotopic (exact) mass is 1190 g/mol. The molecule has 0 spiro atoms. The van der Waals surface area contributed by atoms with Crippen molar-refractivity contribution in [2.75, 3.05) is 62.5 Å². The molecule has 1 aliphatic rings. The minimum Gasteiger partial charge on any atom is -0.394 e. The Hall–Kier alpha value is -6.21. The average Bonchev–Trinajstić information content (AvgIpc) is 3.62. The fraction of sp³-hybridized carbons (Fsp3) is 0.780. The molecule has 1 heterocycles. The normalized spacial score (nSPS) is 27.2. The van der Waals surface area contributed by atoms with Gasteiger partial charge in [-0.3, -0.25) is 52.7 Å². The van der Waals surface area contributed by atoms with Gasteiger partial charge in [0.2, 0.25) is 65.0 Å². The van der Waals surface area contributed by atoms with Crippen LogP contribution in [0.3, 0.4) is 0 Å². The predicted molar refractivity (Wildman–Crippen MR) is 318 cm³/mol. The fourth-order valence-corrected chi connectivity index (χ4v) is 10.2. The number of allylic oxidation sites excluding steroid dienone is 2. The number of hydrogen-bond acceptors (Lipinski definition) is 14. The highest BCUT2D eigenvalue weighted by Gasteiger charge is 2.46. The Balaban J connectivity index is 4.29. The van der Waals surface area contributed by atoms with Crippen LogP contribution in [0.5, 0.6) is 0 Å². The van der Waals surface area contributed by atoms with Crippen molar-refractivity contribution in [3.63, 3.8) is 0 Å². The first kappa shape index (κ1) is 75.8. The number of amides is 11. The van der Waals surface area contributed by atoms with E-state index in [0.717, 1.165) is 24.5 Å². The predicted octanol–water partition coefficient (Wildman–Crippen LogP) is 0.330. The number of aliphatic hydroxyl groups excluding tert-OH is 2. The summed E-state index contributed by atoms with van der Waals surface area (Å²) in [4.78, 5) is 166. The molecule has 0 unspecified atom stereocenters. The lowest BCUT2D eigenvalue weighted by Gasteiger charge is -2.42. The minimum atomic E-state index is -1.68. The molecule has 0 aromatic heterocycles. The molecule has 1 saturated heterocycles. The molecule has 7 N–H and O–H groups in total. The first-order valence-electron chi connectivity index (χ1n) is 29.3. The molecular formula is C59H105N11O14. The second kappa shape index (κ2) is 33.5. The smallest absolute Gasteiger partial charge is 0.248 e. The first-order valence-corrected chi connectivity index (χ1v) is 29.3. The maximum atomic E-state index is 15.0. The molecule has 84 heavy (non-hydrogen) atoms. The van der Waals surface area contributed by atoms with Crippen molar-refractivity contribution < 1.29 is 68.1 Å². The van der Waals surface area contributed by atoms with E-state index in [0.29, 0.717) is 0 Å². The zero-order chi connectivity index (χ0) is 65.3. The first-order chi connectivity index (χ1) is 38.6. The number of aliphatic hydroxyl groups is 3. The Morgan fingerprint density at radius 2 is 1.01 bits per heavy atom. The van der Waals surface area contributed by atoms with E-state index in [1.807, 2.05) is 27.7 Å². The van der Waals surface area contributed by atoms with Crippen LogP contribution < -0.4 is 21.3 Å². The van der Waals surface area contributed by atoms with Crippen LogP contribution in [-0.4, -0.2) is 249 Å². The van der Waals surface area contributed by atoms with Crippen LogP contribution in [-0.2, 0) is 52.7 Å². The quantitative estimate of drug-likeness (QED) is 0.115. The summed E-state index contributed by atoms with van der Waals surface area (Å²) in [7, 11) is 9.15. The van der Waals surface area contributed by atoms with Crippen molar-refractivity contribution in [1.29, 1.82) is 0 Å². The van der Waals surface area contributed by atoms with Crippen LogP contribution in [0.25, 0.3) is 0 Å². The standard InChI is InChI=1S/C59H105N11O14/c1-23-25-26-36(11)48(73)47-52(77)62-39(24-2)54(79)64(16)30-44(72)65(17)40(27-32(3)4)51(76)63-45(34(7)8)57(82)66(18)41(28-33(5)6)50(75)60-37(12)49(74)61-38(13)53(78)68(20)43(31-71)56(81)67(19)42(29-59(14,15)84)55(80)69(21)46(35(9)10)58(83)70(47)22/h23,25,32-43,45-48,71,73,84H,24,26-31H2,1-22H3,(H,60,75)(H,61,74)(H,62,77)(H,63,76)/b25-23+/t36-,37+,38-,39+,40+,41+,42+,43-,45+,46+,47+,48-/m1/s1. The van der Waals surface area contributed by atoms with E-state index in [-0.39, 0.29) is 37.5 Å². The topological polar surface area (TPSA) is 319 Å². The molecule has 0 saturated carbocycles. The van der Waals surface area contributed by atoms with Gasteiger partial charge in [0.1, 0.15) is 60.4 Å². The summed E-state index contributed by atoms with van der Waals surface area (Å²) in [5.41, 5.74) is -1.64. The van der Waals surface area contributed by atoms with Crippen LogP contribution in [0.15, 0.2) is 12.2 Å². The Labute approximate surface area is 499 Å².